The van der Waals surface area contributed by atoms with Crippen molar-refractivity contribution < 1.29 is 22.7 Å². The largest absolute Gasteiger partial charge is 0.492 e. The van der Waals surface area contributed by atoms with Crippen LogP contribution in [-0.2, 0) is 26.0 Å². The number of hydrogen-bond acceptors (Lipinski definition) is 7. The van der Waals surface area contributed by atoms with Crippen LogP contribution in [0.5, 0.6) is 5.75 Å². The van der Waals surface area contributed by atoms with Crippen LogP contribution in [0, 0.1) is 5.41 Å². The van der Waals surface area contributed by atoms with Gasteiger partial charge in [0.1, 0.15) is 18.2 Å². The first-order chi connectivity index (χ1) is 17.2. The molecule has 3 aromatic carbocycles. The maximum absolute atomic E-state index is 12.8. The average molecular weight is 511 g/mol. The van der Waals surface area contributed by atoms with Gasteiger partial charge in [-0.05, 0) is 60.5 Å². The highest BCUT2D eigenvalue weighted by molar-refractivity contribution is 7.89. The van der Waals surface area contributed by atoms with Crippen LogP contribution in [0.2, 0.25) is 0 Å². The van der Waals surface area contributed by atoms with Crippen LogP contribution >= 0.6 is 0 Å². The van der Waals surface area contributed by atoms with Gasteiger partial charge in [-0.2, -0.15) is 0 Å². The zero-order chi connectivity index (χ0) is 26.1. The number of carbonyl (C=O) groups excluding carboxylic acids is 1. The Hall–Kier alpha value is -3.89. The summed E-state index contributed by atoms with van der Waals surface area (Å²) in [4.78, 5) is 12.9. The lowest BCUT2D eigenvalue weighted by Gasteiger charge is -2.22. The lowest BCUT2D eigenvalue weighted by atomic mass is 10.0. The van der Waals surface area contributed by atoms with Gasteiger partial charge in [-0.25, -0.2) is 17.9 Å². The third kappa shape index (κ3) is 6.83. The lowest BCUT2D eigenvalue weighted by molar-refractivity contribution is -0.141. The predicted molar refractivity (Wildman–Crippen MR) is 139 cm³/mol. The second-order valence-corrected chi connectivity index (χ2v) is 9.64. The summed E-state index contributed by atoms with van der Waals surface area (Å²) >= 11 is 0. The SMILES string of the molecule is CCc1ccc(OCCNS(=O)(=O)c2ccccc2)c(C(Nc2ccc(C(=N)N)cc2)C(=O)OC)c1. The van der Waals surface area contributed by atoms with Crippen LogP contribution in [0.15, 0.2) is 77.7 Å². The van der Waals surface area contributed by atoms with E-state index in [9.17, 15) is 13.2 Å². The number of carbonyl (C=O) groups is 1. The molecule has 0 aliphatic heterocycles. The highest BCUT2D eigenvalue weighted by Crippen LogP contribution is 2.31. The molecule has 0 aromatic heterocycles. The number of sulfonamides is 1. The van der Waals surface area contributed by atoms with Crippen molar-refractivity contribution in [3.63, 3.8) is 0 Å². The van der Waals surface area contributed by atoms with E-state index in [1.165, 1.54) is 19.2 Å². The molecule has 3 aromatic rings. The molecule has 0 spiro atoms. The van der Waals surface area contributed by atoms with Crippen molar-refractivity contribution in [3.05, 3.63) is 89.5 Å². The minimum absolute atomic E-state index is 0.0367. The maximum atomic E-state index is 12.8. The molecule has 1 atom stereocenters. The summed E-state index contributed by atoms with van der Waals surface area (Å²) in [5, 5.41) is 10.7. The molecular formula is C26H30N4O5S. The maximum Gasteiger partial charge on any atom is 0.333 e. The van der Waals surface area contributed by atoms with E-state index in [0.717, 1.165) is 12.0 Å². The summed E-state index contributed by atoms with van der Waals surface area (Å²) in [5.74, 6) is -0.150. The topological polar surface area (TPSA) is 144 Å². The molecule has 190 valence electrons. The van der Waals surface area contributed by atoms with E-state index >= 15 is 0 Å². The molecule has 0 fully saturated rings. The molecule has 0 heterocycles. The van der Waals surface area contributed by atoms with Crippen molar-refractivity contribution in [1.82, 2.24) is 4.72 Å². The smallest absolute Gasteiger partial charge is 0.333 e. The summed E-state index contributed by atoms with van der Waals surface area (Å²) in [7, 11) is -2.36. The normalized spacial score (nSPS) is 11.9. The Bertz CT molecular complexity index is 1300. The van der Waals surface area contributed by atoms with Gasteiger partial charge in [0.2, 0.25) is 10.0 Å². The number of rotatable bonds is 12. The monoisotopic (exact) mass is 510 g/mol. The Kier molecular flexibility index (Phi) is 9.04. The first-order valence-corrected chi connectivity index (χ1v) is 12.8. The number of nitrogens with one attached hydrogen (secondary N) is 3. The van der Waals surface area contributed by atoms with E-state index in [2.05, 4.69) is 10.0 Å². The van der Waals surface area contributed by atoms with Gasteiger partial charge in [0.05, 0.1) is 12.0 Å². The summed E-state index contributed by atoms with van der Waals surface area (Å²) in [6, 6.07) is 19.5. The zero-order valence-corrected chi connectivity index (χ0v) is 21.0. The Labute approximate surface area is 211 Å². The number of aryl methyl sites for hydroxylation is 1. The molecule has 0 amide bonds. The minimum Gasteiger partial charge on any atom is -0.492 e. The van der Waals surface area contributed by atoms with Crippen molar-refractivity contribution in [2.75, 3.05) is 25.6 Å². The van der Waals surface area contributed by atoms with Crippen LogP contribution in [0.3, 0.4) is 0 Å². The van der Waals surface area contributed by atoms with Gasteiger partial charge in [-0.3, -0.25) is 5.41 Å². The van der Waals surface area contributed by atoms with Crippen LogP contribution in [0.1, 0.15) is 29.7 Å². The molecule has 5 N–H and O–H groups in total. The van der Waals surface area contributed by atoms with Gasteiger partial charge in [0.25, 0.3) is 0 Å². The molecule has 0 saturated carbocycles. The third-order valence-electron chi connectivity index (χ3n) is 5.44. The number of methoxy groups -OCH3 is 1. The van der Waals surface area contributed by atoms with Crippen molar-refractivity contribution in [1.29, 1.82) is 5.41 Å². The van der Waals surface area contributed by atoms with E-state index in [-0.39, 0.29) is 23.9 Å². The molecule has 3 rings (SSSR count). The van der Waals surface area contributed by atoms with E-state index in [1.54, 1.807) is 48.5 Å². The summed E-state index contributed by atoms with van der Waals surface area (Å²) in [5.41, 5.74) is 8.26. The molecule has 0 aliphatic rings. The summed E-state index contributed by atoms with van der Waals surface area (Å²) in [6.07, 6.45) is 0.741. The van der Waals surface area contributed by atoms with Crippen LogP contribution in [-0.4, -0.2) is 40.5 Å². The van der Waals surface area contributed by atoms with Crippen molar-refractivity contribution in [2.24, 2.45) is 5.73 Å². The third-order valence-corrected chi connectivity index (χ3v) is 6.92. The quantitative estimate of drug-likeness (QED) is 0.127. The predicted octanol–water partition coefficient (Wildman–Crippen LogP) is 3.22. The highest BCUT2D eigenvalue weighted by Gasteiger charge is 2.26. The molecule has 36 heavy (non-hydrogen) atoms. The van der Waals surface area contributed by atoms with E-state index in [4.69, 9.17) is 20.6 Å². The van der Waals surface area contributed by atoms with E-state index < -0.39 is 22.0 Å². The molecule has 0 bridgehead atoms. The fourth-order valence-corrected chi connectivity index (χ4v) is 4.52. The van der Waals surface area contributed by atoms with Crippen molar-refractivity contribution in [2.45, 2.75) is 24.3 Å². The van der Waals surface area contributed by atoms with Crippen LogP contribution in [0.4, 0.5) is 5.69 Å². The van der Waals surface area contributed by atoms with E-state index in [0.29, 0.717) is 22.6 Å². The van der Waals surface area contributed by atoms with E-state index in [1.807, 2.05) is 19.1 Å². The van der Waals surface area contributed by atoms with Crippen LogP contribution < -0.4 is 20.5 Å². The first kappa shape index (κ1) is 26.7. The average Bonchev–Trinajstić information content (AvgIpc) is 2.90. The number of anilines is 1. The van der Waals surface area contributed by atoms with Gasteiger partial charge in [-0.15, -0.1) is 0 Å². The second kappa shape index (κ2) is 12.2. The fourth-order valence-electron chi connectivity index (χ4n) is 3.49. The number of amidine groups is 1. The minimum atomic E-state index is -3.66. The number of nitrogen functional groups attached to an aromatic ring is 1. The number of nitrogens with two attached hydrogens (primary N) is 1. The summed E-state index contributed by atoms with van der Waals surface area (Å²) < 4.78 is 38.4. The van der Waals surface area contributed by atoms with Gasteiger partial charge >= 0.3 is 5.97 Å². The van der Waals surface area contributed by atoms with Crippen molar-refractivity contribution >= 4 is 27.5 Å². The highest BCUT2D eigenvalue weighted by atomic mass is 32.2. The second-order valence-electron chi connectivity index (χ2n) is 7.88. The standard InChI is InChI=1S/C26H30N4O5S/c1-3-18-9-14-23(35-16-15-29-36(32,33)21-7-5-4-6-8-21)22(17-18)24(26(31)34-2)30-20-12-10-19(11-13-20)25(27)28/h4-14,17,24,29-30H,3,15-16H2,1-2H3,(H3,27,28). The Morgan fingerprint density at radius 1 is 1.06 bits per heavy atom. The van der Waals surface area contributed by atoms with Crippen LogP contribution in [0.25, 0.3) is 0 Å². The first-order valence-electron chi connectivity index (χ1n) is 11.3. The number of hydrogen-bond donors (Lipinski definition) is 4. The Morgan fingerprint density at radius 3 is 2.36 bits per heavy atom. The lowest BCUT2D eigenvalue weighted by Crippen LogP contribution is -2.29. The zero-order valence-electron chi connectivity index (χ0n) is 20.2. The van der Waals surface area contributed by atoms with Gasteiger partial charge in [0.15, 0.2) is 6.04 Å². The fraction of sp³-hybridized carbons (Fsp3) is 0.231. The molecular weight excluding hydrogens is 480 g/mol. The summed E-state index contributed by atoms with van der Waals surface area (Å²) in [6.45, 7) is 2.08. The molecule has 0 radical (unpaired) electrons. The number of esters is 1. The Morgan fingerprint density at radius 2 is 1.75 bits per heavy atom. The molecule has 9 nitrogen and oxygen atoms in total. The molecule has 1 unspecified atom stereocenters. The van der Waals surface area contributed by atoms with Gasteiger partial charge in [-0.1, -0.05) is 31.2 Å². The number of ether oxygens (including phenoxy) is 2. The molecule has 0 aliphatic carbocycles. The number of benzene rings is 3. The van der Waals surface area contributed by atoms with Gasteiger partial charge in [0, 0.05) is 23.4 Å². The Balaban J connectivity index is 1.79. The van der Waals surface area contributed by atoms with Crippen molar-refractivity contribution in [3.8, 4) is 5.75 Å². The van der Waals surface area contributed by atoms with Gasteiger partial charge < -0.3 is 20.5 Å². The molecule has 10 heteroatoms. The molecule has 0 saturated heterocycles.